The number of nitrogens with one attached hydrogen (secondary N) is 1. The molecular formula is C15H14ClN3S. The second kappa shape index (κ2) is 5.77. The van der Waals surface area contributed by atoms with Crippen LogP contribution in [0.15, 0.2) is 41.8 Å². The fourth-order valence-corrected chi connectivity index (χ4v) is 3.22. The molecular weight excluding hydrogens is 290 g/mol. The summed E-state index contributed by atoms with van der Waals surface area (Å²) in [6, 6.07) is 12.3. The van der Waals surface area contributed by atoms with Gasteiger partial charge in [0.05, 0.1) is 11.6 Å². The molecule has 5 heteroatoms. The van der Waals surface area contributed by atoms with Gasteiger partial charge in [-0.15, -0.1) is 11.3 Å². The summed E-state index contributed by atoms with van der Waals surface area (Å²) in [5.41, 5.74) is 0.857. The van der Waals surface area contributed by atoms with Crippen LogP contribution < -0.4 is 5.32 Å². The molecule has 2 heterocycles. The van der Waals surface area contributed by atoms with E-state index >= 15 is 0 Å². The second-order valence-corrected chi connectivity index (χ2v) is 5.80. The molecule has 0 saturated carbocycles. The highest BCUT2D eigenvalue weighted by Crippen LogP contribution is 2.29. The van der Waals surface area contributed by atoms with Crippen LogP contribution in [0.3, 0.4) is 0 Å². The second-order valence-electron chi connectivity index (χ2n) is 4.48. The normalized spacial score (nSPS) is 12.5. The Bertz CT molecular complexity index is 712. The Morgan fingerprint density at radius 1 is 1.20 bits per heavy atom. The van der Waals surface area contributed by atoms with Crippen LogP contribution in [0.1, 0.15) is 24.3 Å². The first-order chi connectivity index (χ1) is 9.78. The van der Waals surface area contributed by atoms with Crippen molar-refractivity contribution in [1.29, 1.82) is 0 Å². The first-order valence-electron chi connectivity index (χ1n) is 6.50. The Balaban J connectivity index is 2.01. The van der Waals surface area contributed by atoms with Crippen molar-refractivity contribution in [3.8, 4) is 0 Å². The number of aromatic nitrogens is 2. The number of rotatable bonds is 4. The van der Waals surface area contributed by atoms with Crippen LogP contribution in [0.25, 0.3) is 10.9 Å². The summed E-state index contributed by atoms with van der Waals surface area (Å²) >= 11 is 7.76. The van der Waals surface area contributed by atoms with E-state index in [0.29, 0.717) is 0 Å². The van der Waals surface area contributed by atoms with E-state index in [1.807, 2.05) is 24.3 Å². The molecule has 20 heavy (non-hydrogen) atoms. The van der Waals surface area contributed by atoms with Gasteiger partial charge in [0.25, 0.3) is 0 Å². The van der Waals surface area contributed by atoms with E-state index in [1.165, 1.54) is 4.88 Å². The van der Waals surface area contributed by atoms with Crippen molar-refractivity contribution in [2.45, 2.75) is 19.4 Å². The number of para-hydroxylation sites is 1. The van der Waals surface area contributed by atoms with Gasteiger partial charge in [-0.1, -0.05) is 25.1 Å². The maximum atomic E-state index is 6.02. The molecule has 0 fully saturated rings. The maximum absolute atomic E-state index is 6.02. The van der Waals surface area contributed by atoms with E-state index in [1.54, 1.807) is 11.3 Å². The largest absolute Gasteiger partial charge is 0.362 e. The molecule has 1 N–H and O–H groups in total. The number of nitrogens with zero attached hydrogens (tertiary/aromatic N) is 2. The van der Waals surface area contributed by atoms with Gasteiger partial charge in [-0.25, -0.2) is 9.97 Å². The van der Waals surface area contributed by atoms with E-state index in [-0.39, 0.29) is 11.3 Å². The lowest BCUT2D eigenvalue weighted by Gasteiger charge is -2.17. The molecule has 3 rings (SSSR count). The number of anilines is 1. The fourth-order valence-electron chi connectivity index (χ4n) is 2.19. The third-order valence-corrected chi connectivity index (χ3v) is 4.34. The predicted molar refractivity (Wildman–Crippen MR) is 85.5 cm³/mol. The number of halogens is 1. The summed E-state index contributed by atoms with van der Waals surface area (Å²) in [5.74, 6) is 0.792. The van der Waals surface area contributed by atoms with Crippen LogP contribution in [0.5, 0.6) is 0 Å². The minimum atomic E-state index is 0.240. The Kier molecular flexibility index (Phi) is 3.85. The summed E-state index contributed by atoms with van der Waals surface area (Å²) in [5, 5.41) is 6.84. The number of benzene rings is 1. The molecule has 0 amide bonds. The average Bonchev–Trinajstić information content (AvgIpc) is 2.98. The van der Waals surface area contributed by atoms with Crippen molar-refractivity contribution < 1.29 is 0 Å². The van der Waals surface area contributed by atoms with Crippen molar-refractivity contribution in [2.75, 3.05) is 5.32 Å². The maximum Gasteiger partial charge on any atom is 0.224 e. The average molecular weight is 304 g/mol. The molecule has 2 aromatic heterocycles. The predicted octanol–water partition coefficient (Wildman–Crippen LogP) is 4.91. The molecule has 3 aromatic rings. The third kappa shape index (κ3) is 2.62. The van der Waals surface area contributed by atoms with Gasteiger partial charge in [-0.3, -0.25) is 0 Å². The minimum Gasteiger partial charge on any atom is -0.362 e. The molecule has 1 aromatic carbocycles. The van der Waals surface area contributed by atoms with E-state index in [9.17, 15) is 0 Å². The smallest absolute Gasteiger partial charge is 0.224 e. The number of thiophene rings is 1. The molecule has 3 nitrogen and oxygen atoms in total. The first-order valence-corrected chi connectivity index (χ1v) is 7.76. The Hall–Kier alpha value is -1.65. The summed E-state index contributed by atoms with van der Waals surface area (Å²) in [6.45, 7) is 2.16. The monoisotopic (exact) mass is 303 g/mol. The van der Waals surface area contributed by atoms with Crippen LogP contribution in [0.4, 0.5) is 5.82 Å². The van der Waals surface area contributed by atoms with Gasteiger partial charge in [0.2, 0.25) is 5.28 Å². The molecule has 1 unspecified atom stereocenters. The third-order valence-electron chi connectivity index (χ3n) is 3.18. The summed E-state index contributed by atoms with van der Waals surface area (Å²) < 4.78 is 0. The molecule has 0 aliphatic carbocycles. The zero-order valence-electron chi connectivity index (χ0n) is 11.0. The van der Waals surface area contributed by atoms with Gasteiger partial charge in [-0.05, 0) is 41.6 Å². The van der Waals surface area contributed by atoms with Gasteiger partial charge in [-0.2, -0.15) is 0 Å². The van der Waals surface area contributed by atoms with E-state index < -0.39 is 0 Å². The molecule has 0 spiro atoms. The summed E-state index contributed by atoms with van der Waals surface area (Å²) in [7, 11) is 0. The molecule has 102 valence electrons. The lowest BCUT2D eigenvalue weighted by molar-refractivity contribution is 0.760. The van der Waals surface area contributed by atoms with Crippen molar-refractivity contribution in [1.82, 2.24) is 9.97 Å². The van der Waals surface area contributed by atoms with Gasteiger partial charge in [0.15, 0.2) is 0 Å². The first kappa shape index (κ1) is 13.3. The summed E-state index contributed by atoms with van der Waals surface area (Å²) in [4.78, 5) is 9.89. The van der Waals surface area contributed by atoms with E-state index in [0.717, 1.165) is 23.1 Å². The van der Waals surface area contributed by atoms with Crippen LogP contribution in [0, 0.1) is 0 Å². The van der Waals surface area contributed by atoms with Crippen molar-refractivity contribution in [2.24, 2.45) is 0 Å². The van der Waals surface area contributed by atoms with Gasteiger partial charge in [0, 0.05) is 10.3 Å². The number of hydrogen-bond donors (Lipinski definition) is 1. The Labute approximate surface area is 126 Å². The Morgan fingerprint density at radius 3 is 2.80 bits per heavy atom. The van der Waals surface area contributed by atoms with Crippen molar-refractivity contribution in [3.05, 3.63) is 51.9 Å². The van der Waals surface area contributed by atoms with Crippen LogP contribution in [0.2, 0.25) is 5.28 Å². The molecule has 0 aliphatic heterocycles. The highest BCUT2D eigenvalue weighted by molar-refractivity contribution is 7.10. The highest BCUT2D eigenvalue weighted by atomic mass is 35.5. The van der Waals surface area contributed by atoms with E-state index in [2.05, 4.69) is 39.7 Å². The quantitative estimate of drug-likeness (QED) is 0.696. The van der Waals surface area contributed by atoms with Gasteiger partial charge >= 0.3 is 0 Å². The lowest BCUT2D eigenvalue weighted by Crippen LogP contribution is -2.10. The van der Waals surface area contributed by atoms with Crippen molar-refractivity contribution >= 4 is 39.7 Å². The van der Waals surface area contributed by atoms with Crippen LogP contribution in [-0.2, 0) is 0 Å². The van der Waals surface area contributed by atoms with Crippen LogP contribution >= 0.6 is 22.9 Å². The standard InChI is InChI=1S/C15H14ClN3S/c1-2-11(13-8-5-9-20-13)17-14-10-6-3-4-7-12(10)18-15(16)19-14/h3-9,11H,2H2,1H3,(H,17,18,19). The SMILES string of the molecule is CCC(Nc1nc(Cl)nc2ccccc12)c1cccs1. The van der Waals surface area contributed by atoms with Gasteiger partial charge < -0.3 is 5.32 Å². The molecule has 0 aliphatic rings. The van der Waals surface area contributed by atoms with E-state index in [4.69, 9.17) is 11.6 Å². The van der Waals surface area contributed by atoms with Crippen LogP contribution in [-0.4, -0.2) is 9.97 Å². The Morgan fingerprint density at radius 2 is 2.05 bits per heavy atom. The zero-order valence-corrected chi connectivity index (χ0v) is 12.6. The van der Waals surface area contributed by atoms with Crippen molar-refractivity contribution in [3.63, 3.8) is 0 Å². The topological polar surface area (TPSA) is 37.8 Å². The number of hydrogen-bond acceptors (Lipinski definition) is 4. The number of fused-ring (bicyclic) bond motifs is 1. The van der Waals surface area contributed by atoms with Gasteiger partial charge in [0.1, 0.15) is 5.82 Å². The molecule has 0 saturated heterocycles. The lowest BCUT2D eigenvalue weighted by atomic mass is 10.1. The summed E-state index contributed by atoms with van der Waals surface area (Å²) in [6.07, 6.45) is 0.983. The zero-order chi connectivity index (χ0) is 13.9. The molecule has 1 atom stereocenters. The molecule has 0 bridgehead atoms. The fraction of sp³-hybridized carbons (Fsp3) is 0.200. The minimum absolute atomic E-state index is 0.240. The molecule has 0 radical (unpaired) electrons. The highest BCUT2D eigenvalue weighted by Gasteiger charge is 2.13.